The molecule has 0 amide bonds. The van der Waals surface area contributed by atoms with Gasteiger partial charge in [0.1, 0.15) is 0 Å². The summed E-state index contributed by atoms with van der Waals surface area (Å²) in [5, 5.41) is 16.5. The van der Waals surface area contributed by atoms with Crippen LogP contribution in [0.2, 0.25) is 0 Å². The zero-order valence-corrected chi connectivity index (χ0v) is 19.1. The molecule has 0 atom stereocenters. The van der Waals surface area contributed by atoms with Gasteiger partial charge in [-0.05, 0) is 36.0 Å². The van der Waals surface area contributed by atoms with E-state index in [9.17, 15) is 0 Å². The van der Waals surface area contributed by atoms with Crippen molar-refractivity contribution in [2.75, 3.05) is 13.1 Å². The van der Waals surface area contributed by atoms with Gasteiger partial charge in [-0.15, -0.1) is 0 Å². The summed E-state index contributed by atoms with van der Waals surface area (Å²) in [4.78, 5) is 5.05. The van der Waals surface area contributed by atoms with E-state index in [1.165, 1.54) is 54.5 Å². The molecule has 0 aromatic heterocycles. The van der Waals surface area contributed by atoms with Crippen molar-refractivity contribution in [1.82, 2.24) is 10.6 Å². The SMILES string of the molecule is CCc1ccc(C2=Nc3c(cccc3C(=N)C3=C(NC4CCCCC4)CCNC3)C2)cc1. The maximum atomic E-state index is 9.16. The number of benzene rings is 2. The summed E-state index contributed by atoms with van der Waals surface area (Å²) >= 11 is 0. The number of fused-ring (bicyclic) bond motifs is 1. The van der Waals surface area contributed by atoms with Gasteiger partial charge in [0.05, 0.1) is 17.1 Å². The lowest BCUT2D eigenvalue weighted by molar-refractivity contribution is 0.389. The first-order valence-corrected chi connectivity index (χ1v) is 12.3. The third-order valence-corrected chi connectivity index (χ3v) is 7.19. The summed E-state index contributed by atoms with van der Waals surface area (Å²) in [6.07, 6.45) is 9.37. The Morgan fingerprint density at radius 2 is 1.91 bits per heavy atom. The lowest BCUT2D eigenvalue weighted by atomic mass is 9.92. The molecule has 4 heteroatoms. The number of hydrogen-bond acceptors (Lipinski definition) is 4. The fourth-order valence-corrected chi connectivity index (χ4v) is 5.26. The molecule has 0 unspecified atom stereocenters. The van der Waals surface area contributed by atoms with E-state index in [4.69, 9.17) is 10.4 Å². The van der Waals surface area contributed by atoms with Crippen LogP contribution in [-0.2, 0) is 12.8 Å². The van der Waals surface area contributed by atoms with Crippen LogP contribution in [-0.4, -0.2) is 30.6 Å². The molecule has 1 aliphatic carbocycles. The van der Waals surface area contributed by atoms with Gasteiger partial charge in [0.25, 0.3) is 0 Å². The van der Waals surface area contributed by atoms with Crippen LogP contribution in [0.15, 0.2) is 58.7 Å². The molecule has 2 aliphatic heterocycles. The zero-order valence-electron chi connectivity index (χ0n) is 19.1. The van der Waals surface area contributed by atoms with Crippen LogP contribution in [0.5, 0.6) is 0 Å². The van der Waals surface area contributed by atoms with Gasteiger partial charge in [0, 0.05) is 48.8 Å². The molecule has 3 N–H and O–H groups in total. The largest absolute Gasteiger partial charge is 0.385 e. The normalized spacial score (nSPS) is 19.0. The molecule has 0 radical (unpaired) electrons. The molecule has 1 fully saturated rings. The highest BCUT2D eigenvalue weighted by molar-refractivity contribution is 6.17. The fourth-order valence-electron chi connectivity index (χ4n) is 5.26. The molecule has 3 aliphatic rings. The Kier molecular flexibility index (Phi) is 6.22. The molecule has 2 aromatic rings. The molecule has 2 heterocycles. The van der Waals surface area contributed by atoms with Crippen LogP contribution in [0, 0.1) is 5.41 Å². The maximum absolute atomic E-state index is 9.16. The Morgan fingerprint density at radius 1 is 1.09 bits per heavy atom. The lowest BCUT2D eigenvalue weighted by Crippen LogP contribution is -2.38. The first-order chi connectivity index (χ1) is 15.7. The minimum atomic E-state index is 0.567. The zero-order chi connectivity index (χ0) is 21.9. The van der Waals surface area contributed by atoms with Crippen LogP contribution in [0.25, 0.3) is 0 Å². The minimum Gasteiger partial charge on any atom is -0.385 e. The second-order valence-corrected chi connectivity index (χ2v) is 9.34. The quantitative estimate of drug-likeness (QED) is 0.537. The van der Waals surface area contributed by atoms with Gasteiger partial charge in [-0.25, -0.2) is 0 Å². The van der Waals surface area contributed by atoms with E-state index in [-0.39, 0.29) is 0 Å². The number of hydrogen-bond donors (Lipinski definition) is 3. The predicted octanol–water partition coefficient (Wildman–Crippen LogP) is 5.46. The smallest absolute Gasteiger partial charge is 0.0763 e. The molecule has 166 valence electrons. The first-order valence-electron chi connectivity index (χ1n) is 12.3. The van der Waals surface area contributed by atoms with Crippen molar-refractivity contribution in [3.63, 3.8) is 0 Å². The molecule has 0 saturated heterocycles. The first kappa shape index (κ1) is 21.1. The maximum Gasteiger partial charge on any atom is 0.0763 e. The fraction of sp³-hybridized carbons (Fsp3) is 0.429. The Hall–Kier alpha value is -2.72. The number of nitrogens with zero attached hydrogens (tertiary/aromatic N) is 1. The van der Waals surface area contributed by atoms with Gasteiger partial charge in [0.15, 0.2) is 0 Å². The Balaban J connectivity index is 1.44. The van der Waals surface area contributed by atoms with Crippen LogP contribution in [0.1, 0.15) is 67.7 Å². The van der Waals surface area contributed by atoms with Crippen LogP contribution in [0.4, 0.5) is 5.69 Å². The van der Waals surface area contributed by atoms with Crippen LogP contribution >= 0.6 is 0 Å². The summed E-state index contributed by atoms with van der Waals surface area (Å²) in [5.41, 5.74) is 9.84. The topological polar surface area (TPSA) is 60.3 Å². The Labute approximate surface area is 191 Å². The van der Waals surface area contributed by atoms with Gasteiger partial charge in [-0.3, -0.25) is 10.4 Å². The molecule has 2 aromatic carbocycles. The van der Waals surface area contributed by atoms with Gasteiger partial charge >= 0.3 is 0 Å². The number of aryl methyl sites for hydroxylation is 1. The molecule has 1 saturated carbocycles. The third-order valence-electron chi connectivity index (χ3n) is 7.19. The average Bonchev–Trinajstić information content (AvgIpc) is 3.29. The van der Waals surface area contributed by atoms with Gasteiger partial charge in [0.2, 0.25) is 0 Å². The molecule has 0 bridgehead atoms. The van der Waals surface area contributed by atoms with Crippen molar-refractivity contribution in [3.8, 4) is 0 Å². The number of nitrogens with one attached hydrogen (secondary N) is 3. The number of aliphatic imine (C=N–C) groups is 1. The Bertz CT molecular complexity index is 1060. The Morgan fingerprint density at radius 3 is 2.69 bits per heavy atom. The number of para-hydroxylation sites is 1. The average molecular weight is 427 g/mol. The van der Waals surface area contributed by atoms with E-state index in [2.05, 4.69) is 60.0 Å². The van der Waals surface area contributed by atoms with E-state index in [1.54, 1.807) is 0 Å². The summed E-state index contributed by atoms with van der Waals surface area (Å²) < 4.78 is 0. The van der Waals surface area contributed by atoms with Crippen molar-refractivity contribution < 1.29 is 0 Å². The molecular weight excluding hydrogens is 392 g/mol. The molecule has 4 nitrogen and oxygen atoms in total. The lowest BCUT2D eigenvalue weighted by Gasteiger charge is -2.30. The summed E-state index contributed by atoms with van der Waals surface area (Å²) in [7, 11) is 0. The highest BCUT2D eigenvalue weighted by Gasteiger charge is 2.25. The second kappa shape index (κ2) is 9.41. The predicted molar refractivity (Wildman–Crippen MR) is 134 cm³/mol. The highest BCUT2D eigenvalue weighted by Crippen LogP contribution is 2.34. The summed E-state index contributed by atoms with van der Waals surface area (Å²) in [5.74, 6) is 0. The van der Waals surface area contributed by atoms with Crippen molar-refractivity contribution in [2.45, 2.75) is 64.3 Å². The van der Waals surface area contributed by atoms with Crippen molar-refractivity contribution in [3.05, 3.63) is 76.0 Å². The van der Waals surface area contributed by atoms with Gasteiger partial charge in [-0.1, -0.05) is 68.7 Å². The van der Waals surface area contributed by atoms with E-state index >= 15 is 0 Å². The van der Waals surface area contributed by atoms with Crippen LogP contribution < -0.4 is 10.6 Å². The van der Waals surface area contributed by atoms with Gasteiger partial charge < -0.3 is 10.6 Å². The second-order valence-electron chi connectivity index (χ2n) is 9.34. The van der Waals surface area contributed by atoms with Crippen molar-refractivity contribution in [2.24, 2.45) is 4.99 Å². The number of rotatable bonds is 6. The summed E-state index contributed by atoms with van der Waals surface area (Å²) in [6.45, 7) is 3.92. The molecule has 32 heavy (non-hydrogen) atoms. The molecule has 0 spiro atoms. The minimum absolute atomic E-state index is 0.567. The van der Waals surface area contributed by atoms with E-state index < -0.39 is 0 Å². The van der Waals surface area contributed by atoms with E-state index in [0.29, 0.717) is 11.8 Å². The van der Waals surface area contributed by atoms with Crippen molar-refractivity contribution >= 4 is 17.1 Å². The monoisotopic (exact) mass is 426 g/mol. The standard InChI is InChI=1S/C28H34N4/c1-2-19-11-13-20(14-12-19)26-17-21-7-6-10-23(28(21)32-26)27(29)24-18-30-16-15-25(24)31-22-8-4-3-5-9-22/h6-7,10-14,22,29-31H,2-5,8-9,15-18H2,1H3. The van der Waals surface area contributed by atoms with E-state index in [1.807, 2.05) is 0 Å². The molecule has 5 rings (SSSR count). The highest BCUT2D eigenvalue weighted by atomic mass is 15.0. The van der Waals surface area contributed by atoms with Gasteiger partial charge in [-0.2, -0.15) is 0 Å². The third kappa shape index (κ3) is 4.29. The summed E-state index contributed by atoms with van der Waals surface area (Å²) in [6, 6.07) is 15.7. The van der Waals surface area contributed by atoms with E-state index in [0.717, 1.165) is 54.9 Å². The van der Waals surface area contributed by atoms with Crippen molar-refractivity contribution in [1.29, 1.82) is 5.41 Å². The van der Waals surface area contributed by atoms with Crippen LogP contribution in [0.3, 0.4) is 0 Å². The molecular formula is C28H34N4.